The third-order valence-electron chi connectivity index (χ3n) is 4.79. The maximum atomic E-state index is 12.9. The van der Waals surface area contributed by atoms with E-state index in [4.69, 9.17) is 0 Å². The van der Waals surface area contributed by atoms with Crippen molar-refractivity contribution in [3.05, 3.63) is 29.3 Å². The molecule has 2 aliphatic rings. The van der Waals surface area contributed by atoms with Gasteiger partial charge in [-0.15, -0.1) is 0 Å². The second-order valence-corrected chi connectivity index (χ2v) is 9.28. The molecule has 2 amide bonds. The molecule has 25 heavy (non-hydrogen) atoms. The molecule has 0 spiro atoms. The number of benzene rings is 1. The molecule has 1 aromatic carbocycles. The molecule has 2 fully saturated rings. The van der Waals surface area contributed by atoms with Crippen LogP contribution in [0, 0.1) is 13.8 Å². The van der Waals surface area contributed by atoms with Crippen LogP contribution >= 0.6 is 11.8 Å². The lowest BCUT2D eigenvalue weighted by atomic mass is 9.90. The van der Waals surface area contributed by atoms with Gasteiger partial charge in [0.25, 0.3) is 5.24 Å². The van der Waals surface area contributed by atoms with Crippen molar-refractivity contribution in [2.45, 2.75) is 56.5 Å². The molecule has 1 aliphatic heterocycles. The predicted octanol–water partition coefficient (Wildman–Crippen LogP) is 2.59. The van der Waals surface area contributed by atoms with Crippen LogP contribution in [0.1, 0.15) is 36.8 Å². The van der Waals surface area contributed by atoms with Crippen molar-refractivity contribution < 1.29 is 18.0 Å². The summed E-state index contributed by atoms with van der Waals surface area (Å²) in [4.78, 5) is 25.6. The fraction of sp³-hybridized carbons (Fsp3) is 0.529. The molecule has 1 saturated heterocycles. The van der Waals surface area contributed by atoms with Gasteiger partial charge in [0.15, 0.2) is 0 Å². The van der Waals surface area contributed by atoms with Crippen LogP contribution in [-0.4, -0.2) is 42.3 Å². The third kappa shape index (κ3) is 3.75. The summed E-state index contributed by atoms with van der Waals surface area (Å²) in [5.74, 6) is -0.0796. The van der Waals surface area contributed by atoms with Gasteiger partial charge in [-0.1, -0.05) is 36.7 Å². The topological polar surface area (TPSA) is 83.6 Å². The lowest BCUT2D eigenvalue weighted by Crippen LogP contribution is -2.54. The summed E-state index contributed by atoms with van der Waals surface area (Å²) >= 11 is 0.988. The Bertz CT molecular complexity index is 791. The number of sulfonamides is 1. The molecular formula is C17H22N2O4S2. The SMILES string of the molecule is Cc1ccc(C)c(S(=O)(=O)NC2CCCCC2N2C(=O)CSC2=O)c1. The molecule has 1 saturated carbocycles. The summed E-state index contributed by atoms with van der Waals surface area (Å²) in [7, 11) is -3.72. The van der Waals surface area contributed by atoms with Gasteiger partial charge in [0.05, 0.1) is 16.7 Å². The Balaban J connectivity index is 1.87. The number of amides is 2. The van der Waals surface area contributed by atoms with E-state index in [9.17, 15) is 18.0 Å². The molecule has 1 aromatic rings. The van der Waals surface area contributed by atoms with Crippen LogP contribution in [0.4, 0.5) is 4.79 Å². The van der Waals surface area contributed by atoms with Gasteiger partial charge in [-0.25, -0.2) is 13.1 Å². The summed E-state index contributed by atoms with van der Waals surface area (Å²) < 4.78 is 28.5. The molecule has 2 atom stereocenters. The van der Waals surface area contributed by atoms with Gasteiger partial charge in [0, 0.05) is 6.04 Å². The van der Waals surface area contributed by atoms with E-state index in [2.05, 4.69) is 4.72 Å². The molecule has 0 aromatic heterocycles. The largest absolute Gasteiger partial charge is 0.289 e. The lowest BCUT2D eigenvalue weighted by Gasteiger charge is -2.36. The average Bonchev–Trinajstić information content (AvgIpc) is 2.89. The standard InChI is InChI=1S/C17H22N2O4S2/c1-11-7-8-12(2)15(9-11)25(22,23)18-13-5-3-4-6-14(13)19-16(20)10-24-17(19)21/h7-9,13-14,18H,3-6,10H2,1-2H3. The number of nitrogens with zero attached hydrogens (tertiary/aromatic N) is 1. The summed E-state index contributed by atoms with van der Waals surface area (Å²) in [6, 6.07) is 4.47. The Morgan fingerprint density at radius 1 is 1.16 bits per heavy atom. The predicted molar refractivity (Wildman–Crippen MR) is 97.0 cm³/mol. The lowest BCUT2D eigenvalue weighted by molar-refractivity contribution is -0.127. The van der Waals surface area contributed by atoms with Gasteiger partial charge in [-0.2, -0.15) is 0 Å². The van der Waals surface area contributed by atoms with Crippen LogP contribution in [0.15, 0.2) is 23.1 Å². The van der Waals surface area contributed by atoms with E-state index in [1.165, 1.54) is 4.90 Å². The van der Waals surface area contributed by atoms with Crippen molar-refractivity contribution in [2.24, 2.45) is 0 Å². The number of rotatable bonds is 4. The van der Waals surface area contributed by atoms with Crippen molar-refractivity contribution >= 4 is 32.9 Å². The van der Waals surface area contributed by atoms with Gasteiger partial charge >= 0.3 is 0 Å². The smallest absolute Gasteiger partial charge is 0.273 e. The number of carbonyl (C=O) groups excluding carboxylic acids is 2. The Morgan fingerprint density at radius 2 is 1.88 bits per heavy atom. The van der Waals surface area contributed by atoms with Crippen LogP contribution in [-0.2, 0) is 14.8 Å². The Labute approximate surface area is 152 Å². The monoisotopic (exact) mass is 382 g/mol. The summed E-state index contributed by atoms with van der Waals surface area (Å²) in [5.41, 5.74) is 1.54. The Kier molecular flexibility index (Phi) is 5.22. The molecule has 6 nitrogen and oxygen atoms in total. The van der Waals surface area contributed by atoms with Gasteiger partial charge in [-0.3, -0.25) is 14.5 Å². The number of aryl methyl sites for hydroxylation is 2. The summed E-state index contributed by atoms with van der Waals surface area (Å²) in [6.07, 6.45) is 3.02. The van der Waals surface area contributed by atoms with Crippen LogP contribution < -0.4 is 4.72 Å². The maximum absolute atomic E-state index is 12.9. The Hall–Kier alpha value is -1.38. The zero-order valence-electron chi connectivity index (χ0n) is 14.3. The minimum atomic E-state index is -3.72. The molecule has 136 valence electrons. The van der Waals surface area contributed by atoms with E-state index in [0.717, 1.165) is 30.2 Å². The van der Waals surface area contributed by atoms with E-state index in [0.29, 0.717) is 18.4 Å². The highest BCUT2D eigenvalue weighted by atomic mass is 32.2. The van der Waals surface area contributed by atoms with Crippen LogP contribution in [0.25, 0.3) is 0 Å². The van der Waals surface area contributed by atoms with E-state index in [1.807, 2.05) is 13.0 Å². The van der Waals surface area contributed by atoms with Crippen molar-refractivity contribution in [2.75, 3.05) is 5.75 Å². The molecule has 1 N–H and O–H groups in total. The molecule has 1 heterocycles. The third-order valence-corrected chi connectivity index (χ3v) is 7.25. The van der Waals surface area contributed by atoms with Crippen molar-refractivity contribution in [1.82, 2.24) is 9.62 Å². The van der Waals surface area contributed by atoms with Crippen LogP contribution in [0.3, 0.4) is 0 Å². The van der Waals surface area contributed by atoms with E-state index >= 15 is 0 Å². The minimum Gasteiger partial charge on any atom is -0.273 e. The van der Waals surface area contributed by atoms with Crippen molar-refractivity contribution in [1.29, 1.82) is 0 Å². The van der Waals surface area contributed by atoms with E-state index < -0.39 is 22.1 Å². The quantitative estimate of drug-likeness (QED) is 0.865. The highest BCUT2D eigenvalue weighted by Gasteiger charge is 2.42. The minimum absolute atomic E-state index is 0.145. The number of hydrogen-bond acceptors (Lipinski definition) is 5. The number of hydrogen-bond donors (Lipinski definition) is 1. The molecule has 1 aliphatic carbocycles. The van der Waals surface area contributed by atoms with Gasteiger partial charge in [-0.05, 0) is 43.9 Å². The first-order chi connectivity index (χ1) is 11.8. The second kappa shape index (κ2) is 7.09. The zero-order valence-corrected chi connectivity index (χ0v) is 16.0. The van der Waals surface area contributed by atoms with Crippen LogP contribution in [0.2, 0.25) is 0 Å². The highest BCUT2D eigenvalue weighted by Crippen LogP contribution is 2.31. The van der Waals surface area contributed by atoms with Crippen LogP contribution in [0.5, 0.6) is 0 Å². The van der Waals surface area contributed by atoms with E-state index in [1.54, 1.807) is 19.1 Å². The molecular weight excluding hydrogens is 360 g/mol. The van der Waals surface area contributed by atoms with Gasteiger partial charge in [0.1, 0.15) is 0 Å². The van der Waals surface area contributed by atoms with Gasteiger partial charge in [0.2, 0.25) is 15.9 Å². The summed E-state index contributed by atoms with van der Waals surface area (Å²) in [6.45, 7) is 3.61. The highest BCUT2D eigenvalue weighted by molar-refractivity contribution is 8.14. The Morgan fingerprint density at radius 3 is 2.56 bits per heavy atom. The second-order valence-electron chi connectivity index (χ2n) is 6.67. The molecule has 0 radical (unpaired) electrons. The molecule has 8 heteroatoms. The average molecular weight is 383 g/mol. The fourth-order valence-corrected chi connectivity index (χ4v) is 5.90. The molecule has 0 bridgehead atoms. The zero-order chi connectivity index (χ0) is 18.2. The molecule has 2 unspecified atom stereocenters. The first-order valence-electron chi connectivity index (χ1n) is 8.38. The summed E-state index contributed by atoms with van der Waals surface area (Å²) in [5, 5.41) is -0.271. The normalized spacial score (nSPS) is 24.8. The van der Waals surface area contributed by atoms with Crippen molar-refractivity contribution in [3.8, 4) is 0 Å². The first kappa shape index (κ1) is 18.4. The fourth-order valence-electron chi connectivity index (χ4n) is 3.50. The number of carbonyl (C=O) groups is 2. The van der Waals surface area contributed by atoms with Crippen molar-refractivity contribution in [3.63, 3.8) is 0 Å². The number of nitrogens with one attached hydrogen (secondary N) is 1. The van der Waals surface area contributed by atoms with Gasteiger partial charge < -0.3 is 0 Å². The first-order valence-corrected chi connectivity index (χ1v) is 10.8. The molecule has 3 rings (SSSR count). The number of imide groups is 1. The maximum Gasteiger partial charge on any atom is 0.289 e. The number of thioether (sulfide) groups is 1. The van der Waals surface area contributed by atoms with E-state index in [-0.39, 0.29) is 21.8 Å².